The van der Waals surface area contributed by atoms with Gasteiger partial charge in [0, 0.05) is 24.0 Å². The number of carbonyl (C=O) groups excluding carboxylic acids is 1. The van der Waals surface area contributed by atoms with Crippen LogP contribution < -0.4 is 11.0 Å². The summed E-state index contributed by atoms with van der Waals surface area (Å²) in [6.07, 6.45) is 4.51. The van der Waals surface area contributed by atoms with Gasteiger partial charge >= 0.3 is 5.69 Å². The number of nitrogens with one attached hydrogen (secondary N) is 1. The van der Waals surface area contributed by atoms with E-state index in [1.54, 1.807) is 10.8 Å². The molecule has 126 valence electrons. The monoisotopic (exact) mass is 344 g/mol. The maximum absolute atomic E-state index is 12.5. The number of hydrogen-bond acceptors (Lipinski definition) is 5. The quantitative estimate of drug-likeness (QED) is 0.633. The van der Waals surface area contributed by atoms with Crippen LogP contribution >= 0.6 is 11.8 Å². The molecule has 0 aliphatic heterocycles. The number of amides is 1. The minimum atomic E-state index is -0.264. The SMILES string of the molecule is CCNC(=O)CSc1nc(=O)n(Cc2ccccn2)c2c1CCC2. The van der Waals surface area contributed by atoms with E-state index in [0.717, 1.165) is 36.2 Å². The Balaban J connectivity index is 1.87. The molecular formula is C17H20N4O2S. The van der Waals surface area contributed by atoms with Gasteiger partial charge in [-0.15, -0.1) is 0 Å². The van der Waals surface area contributed by atoms with E-state index in [1.165, 1.54) is 11.8 Å². The normalized spacial score (nSPS) is 12.9. The zero-order valence-corrected chi connectivity index (χ0v) is 14.4. The van der Waals surface area contributed by atoms with Gasteiger partial charge in [-0.05, 0) is 38.3 Å². The molecule has 3 rings (SSSR count). The minimum absolute atomic E-state index is 0.0336. The average molecular weight is 344 g/mol. The van der Waals surface area contributed by atoms with Crippen LogP contribution in [0.1, 0.15) is 30.3 Å². The Morgan fingerprint density at radius 3 is 3.00 bits per heavy atom. The number of aromatic nitrogens is 3. The van der Waals surface area contributed by atoms with Crippen LogP contribution in [-0.2, 0) is 24.2 Å². The molecule has 7 heteroatoms. The first-order chi connectivity index (χ1) is 11.7. The zero-order chi connectivity index (χ0) is 16.9. The molecule has 2 heterocycles. The Hall–Kier alpha value is -2.15. The first-order valence-electron chi connectivity index (χ1n) is 8.11. The summed E-state index contributed by atoms with van der Waals surface area (Å²) < 4.78 is 1.72. The molecule has 2 aromatic rings. The molecule has 2 aromatic heterocycles. The fraction of sp³-hybridized carbons (Fsp3) is 0.412. The number of thioether (sulfide) groups is 1. The van der Waals surface area contributed by atoms with Gasteiger partial charge in [0.25, 0.3) is 0 Å². The molecule has 1 amide bonds. The van der Waals surface area contributed by atoms with Crippen molar-refractivity contribution in [2.24, 2.45) is 0 Å². The van der Waals surface area contributed by atoms with Crippen molar-refractivity contribution in [1.29, 1.82) is 0 Å². The summed E-state index contributed by atoms with van der Waals surface area (Å²) in [4.78, 5) is 32.7. The van der Waals surface area contributed by atoms with Crippen LogP contribution in [-0.4, -0.2) is 32.7 Å². The van der Waals surface area contributed by atoms with Gasteiger partial charge in [0.15, 0.2) is 0 Å². The van der Waals surface area contributed by atoms with Crippen molar-refractivity contribution in [3.63, 3.8) is 0 Å². The van der Waals surface area contributed by atoms with Gasteiger partial charge in [-0.3, -0.25) is 14.3 Å². The summed E-state index contributed by atoms with van der Waals surface area (Å²) in [5.74, 6) is 0.255. The Bertz CT molecular complexity index is 789. The van der Waals surface area contributed by atoms with E-state index in [9.17, 15) is 9.59 Å². The number of carbonyl (C=O) groups is 1. The highest BCUT2D eigenvalue weighted by Gasteiger charge is 2.22. The topological polar surface area (TPSA) is 76.9 Å². The zero-order valence-electron chi connectivity index (χ0n) is 13.6. The van der Waals surface area contributed by atoms with Crippen LogP contribution in [0.4, 0.5) is 0 Å². The predicted octanol–water partition coefficient (Wildman–Crippen LogP) is 1.40. The van der Waals surface area contributed by atoms with Crippen LogP contribution in [0.5, 0.6) is 0 Å². The number of rotatable bonds is 6. The molecule has 0 radical (unpaired) electrons. The van der Waals surface area contributed by atoms with Gasteiger partial charge in [0.2, 0.25) is 5.91 Å². The molecule has 0 spiro atoms. The molecular weight excluding hydrogens is 324 g/mol. The Morgan fingerprint density at radius 2 is 2.25 bits per heavy atom. The van der Waals surface area contributed by atoms with Crippen LogP contribution in [0, 0.1) is 0 Å². The largest absolute Gasteiger partial charge is 0.356 e. The molecule has 1 aliphatic carbocycles. The molecule has 0 saturated carbocycles. The fourth-order valence-corrected chi connectivity index (χ4v) is 3.81. The molecule has 24 heavy (non-hydrogen) atoms. The molecule has 0 atom stereocenters. The molecule has 6 nitrogen and oxygen atoms in total. The highest BCUT2D eigenvalue weighted by molar-refractivity contribution is 7.99. The molecule has 0 bridgehead atoms. The number of hydrogen-bond donors (Lipinski definition) is 1. The lowest BCUT2D eigenvalue weighted by Crippen LogP contribution is -2.29. The van der Waals surface area contributed by atoms with Crippen molar-refractivity contribution in [3.8, 4) is 0 Å². The molecule has 0 fully saturated rings. The van der Waals surface area contributed by atoms with Gasteiger partial charge in [-0.2, -0.15) is 4.98 Å². The summed E-state index contributed by atoms with van der Waals surface area (Å²) in [5, 5.41) is 3.47. The van der Waals surface area contributed by atoms with Gasteiger partial charge in [-0.25, -0.2) is 4.79 Å². The van der Waals surface area contributed by atoms with E-state index >= 15 is 0 Å². The summed E-state index contributed by atoms with van der Waals surface area (Å²) in [7, 11) is 0. The lowest BCUT2D eigenvalue weighted by molar-refractivity contribution is -0.118. The van der Waals surface area contributed by atoms with E-state index < -0.39 is 0 Å². The van der Waals surface area contributed by atoms with Crippen LogP contribution in [0.25, 0.3) is 0 Å². The standard InChI is InChI=1S/C17H20N4O2S/c1-2-18-15(22)11-24-16-13-7-5-8-14(13)21(17(23)20-16)10-12-6-3-4-9-19-12/h3-4,6,9H,2,5,7-8,10-11H2,1H3,(H,18,22). The maximum atomic E-state index is 12.5. The van der Waals surface area contributed by atoms with Crippen molar-refractivity contribution < 1.29 is 4.79 Å². The van der Waals surface area contributed by atoms with Crippen molar-refractivity contribution in [2.75, 3.05) is 12.3 Å². The number of nitrogens with zero attached hydrogens (tertiary/aromatic N) is 3. The number of fused-ring (bicyclic) bond motifs is 1. The van der Waals surface area contributed by atoms with E-state index in [-0.39, 0.29) is 17.3 Å². The maximum Gasteiger partial charge on any atom is 0.349 e. The molecule has 1 N–H and O–H groups in total. The smallest absolute Gasteiger partial charge is 0.349 e. The third-order valence-electron chi connectivity index (χ3n) is 3.96. The second-order valence-electron chi connectivity index (χ2n) is 5.63. The first-order valence-corrected chi connectivity index (χ1v) is 9.09. The second kappa shape index (κ2) is 7.61. The van der Waals surface area contributed by atoms with Crippen LogP contribution in [0.2, 0.25) is 0 Å². The van der Waals surface area contributed by atoms with E-state index in [0.29, 0.717) is 18.1 Å². The van der Waals surface area contributed by atoms with Crippen molar-refractivity contribution in [3.05, 3.63) is 51.8 Å². The third-order valence-corrected chi connectivity index (χ3v) is 4.98. The van der Waals surface area contributed by atoms with E-state index in [4.69, 9.17) is 0 Å². The van der Waals surface area contributed by atoms with Gasteiger partial charge in [-0.1, -0.05) is 17.8 Å². The average Bonchev–Trinajstić information content (AvgIpc) is 3.07. The van der Waals surface area contributed by atoms with Gasteiger partial charge in [0.05, 0.1) is 18.0 Å². The second-order valence-corrected chi connectivity index (χ2v) is 6.59. The molecule has 0 unspecified atom stereocenters. The van der Waals surface area contributed by atoms with Crippen LogP contribution in [0.15, 0.2) is 34.2 Å². The Kier molecular flexibility index (Phi) is 5.30. The van der Waals surface area contributed by atoms with Crippen molar-refractivity contribution in [2.45, 2.75) is 37.8 Å². The first kappa shape index (κ1) is 16.7. The van der Waals surface area contributed by atoms with Crippen LogP contribution in [0.3, 0.4) is 0 Å². The minimum Gasteiger partial charge on any atom is -0.356 e. The molecule has 1 aliphatic rings. The summed E-state index contributed by atoms with van der Waals surface area (Å²) in [6, 6.07) is 5.68. The Labute approximate surface area is 144 Å². The summed E-state index contributed by atoms with van der Waals surface area (Å²) in [5.41, 5.74) is 2.73. The molecule has 0 saturated heterocycles. The number of pyridine rings is 1. The predicted molar refractivity (Wildman–Crippen MR) is 93.3 cm³/mol. The molecule has 0 aromatic carbocycles. The van der Waals surface area contributed by atoms with Crippen molar-refractivity contribution >= 4 is 17.7 Å². The Morgan fingerprint density at radius 1 is 1.38 bits per heavy atom. The van der Waals surface area contributed by atoms with Gasteiger partial charge in [0.1, 0.15) is 5.03 Å². The van der Waals surface area contributed by atoms with E-state index in [1.807, 2.05) is 25.1 Å². The third kappa shape index (κ3) is 3.67. The lowest BCUT2D eigenvalue weighted by Gasteiger charge is -2.13. The van der Waals surface area contributed by atoms with Gasteiger partial charge < -0.3 is 5.32 Å². The summed E-state index contributed by atoms with van der Waals surface area (Å²) >= 11 is 1.35. The fourth-order valence-electron chi connectivity index (χ4n) is 2.90. The lowest BCUT2D eigenvalue weighted by atomic mass is 10.2. The highest BCUT2D eigenvalue weighted by Crippen LogP contribution is 2.29. The summed E-state index contributed by atoms with van der Waals surface area (Å²) in [6.45, 7) is 2.93. The van der Waals surface area contributed by atoms with E-state index in [2.05, 4.69) is 15.3 Å². The highest BCUT2D eigenvalue weighted by atomic mass is 32.2. The van der Waals surface area contributed by atoms with Crippen molar-refractivity contribution in [1.82, 2.24) is 19.9 Å².